The topological polar surface area (TPSA) is 50.4 Å². The lowest BCUT2D eigenvalue weighted by Gasteiger charge is -2.16. The fraction of sp³-hybridized carbons (Fsp3) is 0.269. The maximum atomic E-state index is 11.8. The molecule has 4 heteroatoms. The van der Waals surface area contributed by atoms with E-state index in [1.54, 1.807) is 0 Å². The first kappa shape index (κ1) is 21.8. The van der Waals surface area contributed by atoms with Gasteiger partial charge in [-0.1, -0.05) is 78.9 Å². The van der Waals surface area contributed by atoms with E-state index < -0.39 is 5.41 Å². The summed E-state index contributed by atoms with van der Waals surface area (Å²) in [6.07, 6.45) is 0. The van der Waals surface area contributed by atoms with Crippen LogP contribution in [0.25, 0.3) is 11.1 Å². The molecule has 0 aliphatic heterocycles. The summed E-state index contributed by atoms with van der Waals surface area (Å²) in [6.45, 7) is 7.56. The molecule has 0 fully saturated rings. The second kappa shape index (κ2) is 10.2. The van der Waals surface area contributed by atoms with Crippen LogP contribution < -0.4 is 10.8 Å². The van der Waals surface area contributed by atoms with Gasteiger partial charge in [-0.15, -0.1) is 5.48 Å². The second-order valence-electron chi connectivity index (χ2n) is 8.45. The highest BCUT2D eigenvalue weighted by Crippen LogP contribution is 2.19. The van der Waals surface area contributed by atoms with Gasteiger partial charge >= 0.3 is 5.97 Å². The van der Waals surface area contributed by atoms with Crippen molar-refractivity contribution < 1.29 is 9.63 Å². The highest BCUT2D eigenvalue weighted by atomic mass is 16.7. The number of hydroxylamine groups is 1. The summed E-state index contributed by atoms with van der Waals surface area (Å²) < 4.78 is 0. The summed E-state index contributed by atoms with van der Waals surface area (Å²) in [7, 11) is 0. The average Bonchev–Trinajstić information content (AvgIpc) is 2.74. The third kappa shape index (κ3) is 6.55. The molecule has 0 amide bonds. The van der Waals surface area contributed by atoms with Gasteiger partial charge in [0.25, 0.3) is 0 Å². The van der Waals surface area contributed by atoms with Gasteiger partial charge in [-0.25, -0.2) is 4.79 Å². The van der Waals surface area contributed by atoms with Gasteiger partial charge in [0.15, 0.2) is 0 Å². The molecule has 0 aliphatic carbocycles. The van der Waals surface area contributed by atoms with Crippen LogP contribution in [0.3, 0.4) is 0 Å². The molecule has 3 rings (SSSR count). The molecule has 0 heterocycles. The van der Waals surface area contributed by atoms with Crippen LogP contribution in [0.2, 0.25) is 0 Å². The smallest absolute Gasteiger partial charge is 0.329 e. The van der Waals surface area contributed by atoms with E-state index in [1.807, 2.05) is 39.0 Å². The first-order valence-corrected chi connectivity index (χ1v) is 10.3. The summed E-state index contributed by atoms with van der Waals surface area (Å²) in [4.78, 5) is 16.9. The van der Waals surface area contributed by atoms with E-state index in [0.29, 0.717) is 6.54 Å². The van der Waals surface area contributed by atoms with E-state index in [9.17, 15) is 4.79 Å². The standard InChI is InChI=1S/C26H30N2O2/c1-26(2,3)25(29)30-28-19-22-9-7-8-21(16-22)18-27-17-20-12-14-24(15-13-20)23-10-5-4-6-11-23/h4-16,27-28H,17-19H2,1-3H3. The van der Waals surface area contributed by atoms with Crippen molar-refractivity contribution in [2.24, 2.45) is 5.41 Å². The molecule has 0 unspecified atom stereocenters. The van der Waals surface area contributed by atoms with Crippen molar-refractivity contribution in [3.63, 3.8) is 0 Å². The molecule has 0 aromatic heterocycles. The Balaban J connectivity index is 1.46. The van der Waals surface area contributed by atoms with E-state index in [1.165, 1.54) is 22.3 Å². The lowest BCUT2D eigenvalue weighted by molar-refractivity contribution is -0.161. The van der Waals surface area contributed by atoms with Gasteiger partial charge in [-0.05, 0) is 48.6 Å². The predicted molar refractivity (Wildman–Crippen MR) is 121 cm³/mol. The maximum Gasteiger partial charge on any atom is 0.329 e. The molecule has 2 N–H and O–H groups in total. The average molecular weight is 403 g/mol. The highest BCUT2D eigenvalue weighted by Gasteiger charge is 2.23. The third-order valence-corrected chi connectivity index (χ3v) is 4.76. The van der Waals surface area contributed by atoms with Crippen LogP contribution in [0.15, 0.2) is 78.9 Å². The van der Waals surface area contributed by atoms with Crippen LogP contribution in [0.5, 0.6) is 0 Å². The molecule has 0 saturated carbocycles. The van der Waals surface area contributed by atoms with E-state index in [2.05, 4.69) is 71.5 Å². The number of carbonyl (C=O) groups excluding carboxylic acids is 1. The third-order valence-electron chi connectivity index (χ3n) is 4.76. The Morgan fingerprint density at radius 2 is 1.33 bits per heavy atom. The highest BCUT2D eigenvalue weighted by molar-refractivity contribution is 5.75. The largest absolute Gasteiger partial charge is 0.370 e. The van der Waals surface area contributed by atoms with Crippen LogP contribution in [0.4, 0.5) is 0 Å². The van der Waals surface area contributed by atoms with Crippen LogP contribution >= 0.6 is 0 Å². The van der Waals surface area contributed by atoms with Crippen LogP contribution in [-0.2, 0) is 29.3 Å². The molecular formula is C26H30N2O2. The number of hydrogen-bond donors (Lipinski definition) is 2. The van der Waals surface area contributed by atoms with Crippen molar-refractivity contribution in [1.82, 2.24) is 10.8 Å². The molecule has 0 atom stereocenters. The van der Waals surface area contributed by atoms with Crippen molar-refractivity contribution in [3.8, 4) is 11.1 Å². The van der Waals surface area contributed by atoms with Gasteiger partial charge in [0.2, 0.25) is 0 Å². The zero-order chi connectivity index (χ0) is 21.4. The molecule has 0 bridgehead atoms. The molecular weight excluding hydrogens is 372 g/mol. The van der Waals surface area contributed by atoms with E-state index >= 15 is 0 Å². The number of rotatable bonds is 8. The Morgan fingerprint density at radius 1 is 0.733 bits per heavy atom. The van der Waals surface area contributed by atoms with Gasteiger partial charge in [0.1, 0.15) is 0 Å². The lowest BCUT2D eigenvalue weighted by atomic mass is 9.98. The molecule has 0 spiro atoms. The van der Waals surface area contributed by atoms with E-state index in [4.69, 9.17) is 4.84 Å². The molecule has 0 saturated heterocycles. The predicted octanol–water partition coefficient (Wildman–Crippen LogP) is 5.24. The summed E-state index contributed by atoms with van der Waals surface area (Å²) >= 11 is 0. The monoisotopic (exact) mass is 402 g/mol. The first-order chi connectivity index (χ1) is 14.4. The molecule has 156 valence electrons. The molecule has 3 aromatic carbocycles. The second-order valence-corrected chi connectivity index (χ2v) is 8.45. The van der Waals surface area contributed by atoms with Crippen LogP contribution in [0, 0.1) is 5.41 Å². The summed E-state index contributed by atoms with van der Waals surface area (Å²) in [6, 6.07) is 27.3. The minimum Gasteiger partial charge on any atom is -0.370 e. The molecule has 3 aromatic rings. The lowest BCUT2D eigenvalue weighted by Crippen LogP contribution is -2.29. The van der Waals surface area contributed by atoms with Crippen molar-refractivity contribution in [1.29, 1.82) is 0 Å². The zero-order valence-corrected chi connectivity index (χ0v) is 17.9. The van der Waals surface area contributed by atoms with Gasteiger partial charge in [-0.3, -0.25) is 0 Å². The van der Waals surface area contributed by atoms with E-state index in [-0.39, 0.29) is 5.97 Å². The SMILES string of the molecule is CC(C)(C)C(=O)ONCc1cccc(CNCc2ccc(-c3ccccc3)cc2)c1. The van der Waals surface area contributed by atoms with E-state index in [0.717, 1.165) is 18.7 Å². The summed E-state index contributed by atoms with van der Waals surface area (Å²) in [5.74, 6) is -0.265. The number of benzene rings is 3. The Kier molecular flexibility index (Phi) is 7.39. The summed E-state index contributed by atoms with van der Waals surface area (Å²) in [5.41, 5.74) is 8.23. The molecule has 0 radical (unpaired) electrons. The van der Waals surface area contributed by atoms with Gasteiger partial charge in [0, 0.05) is 13.1 Å². The van der Waals surface area contributed by atoms with Gasteiger partial charge in [0.05, 0.1) is 12.0 Å². The molecule has 4 nitrogen and oxygen atoms in total. The Labute approximate surface area is 179 Å². The minimum atomic E-state index is -0.516. The summed E-state index contributed by atoms with van der Waals surface area (Å²) in [5, 5.41) is 3.49. The van der Waals surface area contributed by atoms with Crippen molar-refractivity contribution in [3.05, 3.63) is 95.6 Å². The zero-order valence-electron chi connectivity index (χ0n) is 17.9. The van der Waals surface area contributed by atoms with Crippen LogP contribution in [0.1, 0.15) is 37.5 Å². The Hall–Kier alpha value is -2.95. The number of nitrogens with one attached hydrogen (secondary N) is 2. The van der Waals surface area contributed by atoms with Crippen molar-refractivity contribution in [2.75, 3.05) is 0 Å². The molecule has 0 aliphatic rings. The Bertz CT molecular complexity index is 945. The maximum absolute atomic E-state index is 11.8. The van der Waals surface area contributed by atoms with Gasteiger partial charge < -0.3 is 10.2 Å². The van der Waals surface area contributed by atoms with Gasteiger partial charge in [-0.2, -0.15) is 0 Å². The normalized spacial score (nSPS) is 11.3. The first-order valence-electron chi connectivity index (χ1n) is 10.3. The Morgan fingerprint density at radius 3 is 2.00 bits per heavy atom. The quantitative estimate of drug-likeness (QED) is 0.506. The number of hydrogen-bond acceptors (Lipinski definition) is 4. The van der Waals surface area contributed by atoms with Crippen molar-refractivity contribution in [2.45, 2.75) is 40.4 Å². The fourth-order valence-electron chi connectivity index (χ4n) is 2.98. The minimum absolute atomic E-state index is 0.265. The van der Waals surface area contributed by atoms with Crippen LogP contribution in [-0.4, -0.2) is 5.97 Å². The fourth-order valence-corrected chi connectivity index (χ4v) is 2.98. The molecule has 30 heavy (non-hydrogen) atoms. The van der Waals surface area contributed by atoms with Crippen molar-refractivity contribution >= 4 is 5.97 Å². The number of carbonyl (C=O) groups is 1.